The van der Waals surface area contributed by atoms with Crippen LogP contribution in [0, 0.1) is 0 Å². The number of nitrogen functional groups attached to an aromatic ring is 1. The van der Waals surface area contributed by atoms with E-state index in [-0.39, 0.29) is 29.4 Å². The number of aromatic carboxylic acids is 2. The van der Waals surface area contributed by atoms with Crippen molar-refractivity contribution >= 4 is 17.8 Å². The summed E-state index contributed by atoms with van der Waals surface area (Å²) in [7, 11) is 1.30. The minimum Gasteiger partial charge on any atom is -0.496 e. The number of carbonyl (C=O) groups is 2. The van der Waals surface area contributed by atoms with E-state index >= 15 is 0 Å². The molecule has 0 spiro atoms. The second-order valence-electron chi connectivity index (χ2n) is 5.01. The lowest BCUT2D eigenvalue weighted by atomic mass is 9.94. The fourth-order valence-corrected chi connectivity index (χ4v) is 2.60. The first-order chi connectivity index (χ1) is 11.8. The maximum Gasteiger partial charge on any atom is 0.342 e. The van der Waals surface area contributed by atoms with Crippen molar-refractivity contribution in [1.29, 1.82) is 0 Å². The van der Waals surface area contributed by atoms with Crippen molar-refractivity contribution in [3.63, 3.8) is 0 Å². The summed E-state index contributed by atoms with van der Waals surface area (Å²) in [5, 5.41) is 18.9. The smallest absolute Gasteiger partial charge is 0.342 e. The topological polar surface area (TPSA) is 161 Å². The zero-order valence-electron chi connectivity index (χ0n) is 12.8. The van der Waals surface area contributed by atoms with E-state index in [4.69, 9.17) is 19.9 Å². The molecule has 2 aromatic rings. The Morgan fingerprint density at radius 3 is 2.32 bits per heavy atom. The van der Waals surface area contributed by atoms with Crippen LogP contribution in [0.4, 0.5) is 5.82 Å². The average molecular weight is 348 g/mol. The molecule has 10 nitrogen and oxygen atoms in total. The SMILES string of the molecule is COc1cc2c(cc1-c1c(C(=O)O)c(N)[nH]c(=O)c1C(=O)O)OCO2. The second kappa shape index (κ2) is 5.74. The highest BCUT2D eigenvalue weighted by Gasteiger charge is 2.30. The molecule has 0 amide bonds. The molecule has 1 aliphatic heterocycles. The van der Waals surface area contributed by atoms with E-state index in [1.807, 2.05) is 4.98 Å². The highest BCUT2D eigenvalue weighted by molar-refractivity contribution is 6.08. The number of anilines is 1. The van der Waals surface area contributed by atoms with Gasteiger partial charge in [-0.2, -0.15) is 0 Å². The molecule has 130 valence electrons. The van der Waals surface area contributed by atoms with Gasteiger partial charge < -0.3 is 35.1 Å². The Balaban J connectivity index is 2.47. The fraction of sp³-hybridized carbons (Fsp3) is 0.133. The Kier molecular flexibility index (Phi) is 3.72. The summed E-state index contributed by atoms with van der Waals surface area (Å²) in [6.07, 6.45) is 0. The van der Waals surface area contributed by atoms with Crippen LogP contribution in [0.1, 0.15) is 20.7 Å². The third-order valence-corrected chi connectivity index (χ3v) is 3.64. The Labute approximate surface area is 139 Å². The number of carboxylic acids is 2. The van der Waals surface area contributed by atoms with Gasteiger partial charge >= 0.3 is 11.9 Å². The quantitative estimate of drug-likeness (QED) is 0.625. The lowest BCUT2D eigenvalue weighted by molar-refractivity contribution is 0.0695. The molecule has 3 rings (SSSR count). The van der Waals surface area contributed by atoms with Gasteiger partial charge in [-0.15, -0.1) is 0 Å². The lowest BCUT2D eigenvalue weighted by Gasteiger charge is -2.15. The molecular weight excluding hydrogens is 336 g/mol. The number of nitrogens with one attached hydrogen (secondary N) is 1. The molecule has 1 aliphatic rings. The van der Waals surface area contributed by atoms with E-state index in [1.165, 1.54) is 19.2 Å². The van der Waals surface area contributed by atoms with Crippen molar-refractivity contribution in [3.05, 3.63) is 33.6 Å². The van der Waals surface area contributed by atoms with Gasteiger partial charge in [-0.05, 0) is 6.07 Å². The fourth-order valence-electron chi connectivity index (χ4n) is 2.60. The summed E-state index contributed by atoms with van der Waals surface area (Å²) in [6.45, 7) is -0.0585. The van der Waals surface area contributed by atoms with Crippen LogP contribution in [0.5, 0.6) is 17.2 Å². The first-order valence-electron chi connectivity index (χ1n) is 6.85. The predicted octanol–water partition coefficient (Wildman–Crippen LogP) is 0.758. The number of hydrogen-bond donors (Lipinski definition) is 4. The number of aromatic nitrogens is 1. The van der Waals surface area contributed by atoms with Crippen LogP contribution in [-0.4, -0.2) is 41.0 Å². The maximum atomic E-state index is 12.1. The van der Waals surface area contributed by atoms with Gasteiger partial charge in [0.15, 0.2) is 11.5 Å². The summed E-state index contributed by atoms with van der Waals surface area (Å²) < 4.78 is 15.6. The van der Waals surface area contributed by atoms with Crippen LogP contribution in [0.25, 0.3) is 11.1 Å². The van der Waals surface area contributed by atoms with Gasteiger partial charge in [-0.3, -0.25) is 4.79 Å². The number of ether oxygens (including phenoxy) is 3. The Hall–Kier alpha value is -3.69. The normalized spacial score (nSPS) is 12.0. The van der Waals surface area contributed by atoms with Gasteiger partial charge in [0, 0.05) is 17.2 Å². The summed E-state index contributed by atoms with van der Waals surface area (Å²) in [6, 6.07) is 2.75. The van der Waals surface area contributed by atoms with E-state index in [1.54, 1.807) is 0 Å². The van der Waals surface area contributed by atoms with E-state index < -0.39 is 34.4 Å². The van der Waals surface area contributed by atoms with Crippen molar-refractivity contribution in [1.82, 2.24) is 4.98 Å². The van der Waals surface area contributed by atoms with Gasteiger partial charge in [0.2, 0.25) is 6.79 Å². The van der Waals surface area contributed by atoms with Crippen LogP contribution < -0.4 is 25.5 Å². The number of carboxylic acid groups (broad SMARTS) is 2. The van der Waals surface area contributed by atoms with Gasteiger partial charge in [-0.1, -0.05) is 0 Å². The summed E-state index contributed by atoms with van der Waals surface area (Å²) >= 11 is 0. The number of methoxy groups -OCH3 is 1. The number of pyridine rings is 1. The van der Waals surface area contributed by atoms with Crippen LogP contribution in [0.2, 0.25) is 0 Å². The van der Waals surface area contributed by atoms with E-state index in [2.05, 4.69) is 0 Å². The van der Waals surface area contributed by atoms with Crippen molar-refractivity contribution < 1.29 is 34.0 Å². The standard InChI is InChI=1S/C15H12N2O8/c1-23-6-3-8-7(24-4-25-8)2-5(6)9-10(14(19)20)12(16)17-13(18)11(9)15(21)22/h2-3H,4H2,1H3,(H,19,20)(H,21,22)(H3,16,17,18). The number of benzene rings is 1. The molecule has 0 fully saturated rings. The molecule has 0 bridgehead atoms. The molecule has 0 atom stereocenters. The van der Waals surface area contributed by atoms with Crippen molar-refractivity contribution in [2.75, 3.05) is 19.6 Å². The molecule has 0 unspecified atom stereocenters. The van der Waals surface area contributed by atoms with Gasteiger partial charge in [0.05, 0.1) is 7.11 Å². The van der Waals surface area contributed by atoms with E-state index in [0.717, 1.165) is 0 Å². The van der Waals surface area contributed by atoms with Crippen molar-refractivity contribution in [3.8, 4) is 28.4 Å². The Morgan fingerprint density at radius 1 is 1.16 bits per heavy atom. The van der Waals surface area contributed by atoms with Crippen LogP contribution in [0.3, 0.4) is 0 Å². The number of nitrogens with two attached hydrogens (primary N) is 1. The molecule has 0 saturated carbocycles. The van der Waals surface area contributed by atoms with Crippen molar-refractivity contribution in [2.45, 2.75) is 0 Å². The first-order valence-corrected chi connectivity index (χ1v) is 6.85. The Morgan fingerprint density at radius 2 is 1.76 bits per heavy atom. The number of fused-ring (bicyclic) bond motifs is 1. The molecule has 0 radical (unpaired) electrons. The van der Waals surface area contributed by atoms with Gasteiger partial charge in [0.25, 0.3) is 5.56 Å². The van der Waals surface area contributed by atoms with Crippen LogP contribution in [-0.2, 0) is 0 Å². The molecule has 1 aromatic heterocycles. The molecule has 25 heavy (non-hydrogen) atoms. The van der Waals surface area contributed by atoms with Crippen LogP contribution >= 0.6 is 0 Å². The molecule has 0 aliphatic carbocycles. The van der Waals surface area contributed by atoms with Gasteiger partial charge in [-0.25, -0.2) is 9.59 Å². The minimum absolute atomic E-state index is 0.0272. The average Bonchev–Trinajstić information content (AvgIpc) is 2.99. The highest BCUT2D eigenvalue weighted by Crippen LogP contribution is 2.44. The van der Waals surface area contributed by atoms with E-state index in [0.29, 0.717) is 5.75 Å². The zero-order valence-corrected chi connectivity index (χ0v) is 12.8. The highest BCUT2D eigenvalue weighted by atomic mass is 16.7. The number of H-pyrrole nitrogens is 1. The third-order valence-electron chi connectivity index (χ3n) is 3.64. The molecule has 2 heterocycles. The summed E-state index contributed by atoms with van der Waals surface area (Å²) in [5.74, 6) is -2.91. The summed E-state index contributed by atoms with van der Waals surface area (Å²) in [4.78, 5) is 37.3. The van der Waals surface area contributed by atoms with Crippen molar-refractivity contribution in [2.24, 2.45) is 0 Å². The first kappa shape index (κ1) is 16.2. The molecule has 1 aromatic carbocycles. The maximum absolute atomic E-state index is 12.1. The van der Waals surface area contributed by atoms with Crippen LogP contribution in [0.15, 0.2) is 16.9 Å². The second-order valence-corrected chi connectivity index (χ2v) is 5.01. The summed E-state index contributed by atoms with van der Waals surface area (Å²) in [5.41, 5.74) is 2.88. The minimum atomic E-state index is -1.61. The monoisotopic (exact) mass is 348 g/mol. The zero-order chi connectivity index (χ0) is 18.3. The molecule has 5 N–H and O–H groups in total. The number of rotatable bonds is 4. The number of hydrogen-bond acceptors (Lipinski definition) is 7. The molecule has 0 saturated heterocycles. The molecule has 10 heteroatoms. The lowest BCUT2D eigenvalue weighted by Crippen LogP contribution is -2.24. The largest absolute Gasteiger partial charge is 0.496 e. The number of aromatic amines is 1. The molecular formula is C15H12N2O8. The predicted molar refractivity (Wildman–Crippen MR) is 83.5 cm³/mol. The van der Waals surface area contributed by atoms with Gasteiger partial charge in [0.1, 0.15) is 22.7 Å². The van der Waals surface area contributed by atoms with E-state index in [9.17, 15) is 24.6 Å². The Bertz CT molecular complexity index is 963. The third kappa shape index (κ3) is 2.49.